The molecule has 102 valence electrons. The van der Waals surface area contributed by atoms with Crippen LogP contribution >= 0.6 is 0 Å². The van der Waals surface area contributed by atoms with Crippen LogP contribution in [0.2, 0.25) is 0 Å². The third-order valence-corrected chi connectivity index (χ3v) is 3.96. The highest BCUT2D eigenvalue weighted by molar-refractivity contribution is 5.87. The van der Waals surface area contributed by atoms with Crippen LogP contribution in [0, 0.1) is 0 Å². The van der Waals surface area contributed by atoms with Crippen molar-refractivity contribution in [3.8, 4) is 0 Å². The lowest BCUT2D eigenvalue weighted by Crippen LogP contribution is -2.52. The number of rotatable bonds is 3. The predicted molar refractivity (Wildman–Crippen MR) is 69.1 cm³/mol. The molecule has 2 aliphatic rings. The third kappa shape index (κ3) is 3.02. The molecule has 2 atom stereocenters. The minimum atomic E-state index is -0.252. The van der Waals surface area contributed by atoms with E-state index in [9.17, 15) is 9.59 Å². The topological polar surface area (TPSA) is 61.4 Å². The minimum absolute atomic E-state index is 0.0255. The van der Waals surface area contributed by atoms with E-state index in [1.165, 1.54) is 0 Å². The van der Waals surface area contributed by atoms with Gasteiger partial charge < -0.3 is 15.5 Å². The molecule has 2 heterocycles. The summed E-state index contributed by atoms with van der Waals surface area (Å²) in [6, 6.07) is 0.0578. The van der Waals surface area contributed by atoms with Crippen LogP contribution in [-0.4, -0.2) is 48.9 Å². The summed E-state index contributed by atoms with van der Waals surface area (Å²) in [5, 5.41) is 6.00. The monoisotopic (exact) mass is 253 g/mol. The number of amides is 2. The number of carbonyl (C=O) groups is 2. The minimum Gasteiger partial charge on any atom is -0.357 e. The number of likely N-dealkylation sites (N-methyl/N-ethyl adjacent to an activating group) is 1. The SMILES string of the molecule is CNC(=O)C1CCCCN1C(=O)CC1CCCN1. The molecule has 5 nitrogen and oxygen atoms in total. The Balaban J connectivity index is 1.94. The Morgan fingerprint density at radius 3 is 2.78 bits per heavy atom. The zero-order valence-corrected chi connectivity index (χ0v) is 11.1. The molecular weight excluding hydrogens is 230 g/mol. The second-order valence-electron chi connectivity index (χ2n) is 5.21. The number of likely N-dealkylation sites (tertiary alicyclic amines) is 1. The summed E-state index contributed by atoms with van der Waals surface area (Å²) in [5.41, 5.74) is 0. The van der Waals surface area contributed by atoms with Crippen LogP contribution in [0.5, 0.6) is 0 Å². The maximum Gasteiger partial charge on any atom is 0.242 e. The van der Waals surface area contributed by atoms with Crippen LogP contribution in [-0.2, 0) is 9.59 Å². The number of nitrogens with one attached hydrogen (secondary N) is 2. The van der Waals surface area contributed by atoms with Gasteiger partial charge in [0.1, 0.15) is 6.04 Å². The number of nitrogens with zero attached hydrogens (tertiary/aromatic N) is 1. The van der Waals surface area contributed by atoms with Gasteiger partial charge in [0, 0.05) is 26.1 Å². The van der Waals surface area contributed by atoms with Gasteiger partial charge in [0.25, 0.3) is 0 Å². The summed E-state index contributed by atoms with van der Waals surface area (Å²) in [7, 11) is 1.64. The van der Waals surface area contributed by atoms with E-state index in [-0.39, 0.29) is 17.9 Å². The molecule has 0 saturated carbocycles. The van der Waals surface area contributed by atoms with Crippen LogP contribution in [0.3, 0.4) is 0 Å². The van der Waals surface area contributed by atoms with Gasteiger partial charge in [-0.2, -0.15) is 0 Å². The maximum atomic E-state index is 12.3. The molecule has 5 heteroatoms. The van der Waals surface area contributed by atoms with Gasteiger partial charge in [0.05, 0.1) is 0 Å². The lowest BCUT2D eigenvalue weighted by atomic mass is 10.00. The summed E-state index contributed by atoms with van der Waals surface area (Å²) in [4.78, 5) is 25.9. The molecule has 0 spiro atoms. The molecule has 0 aromatic rings. The van der Waals surface area contributed by atoms with Crippen molar-refractivity contribution in [1.29, 1.82) is 0 Å². The van der Waals surface area contributed by atoms with Gasteiger partial charge in [-0.05, 0) is 38.6 Å². The highest BCUT2D eigenvalue weighted by atomic mass is 16.2. The first kappa shape index (κ1) is 13.3. The normalized spacial score (nSPS) is 28.2. The molecule has 0 aromatic carbocycles. The van der Waals surface area contributed by atoms with Crippen molar-refractivity contribution in [2.75, 3.05) is 20.1 Å². The molecule has 2 rings (SSSR count). The van der Waals surface area contributed by atoms with Crippen LogP contribution in [0.25, 0.3) is 0 Å². The molecular formula is C13H23N3O2. The van der Waals surface area contributed by atoms with Crippen molar-refractivity contribution in [3.63, 3.8) is 0 Å². The van der Waals surface area contributed by atoms with Gasteiger partial charge in [-0.25, -0.2) is 0 Å². The van der Waals surface area contributed by atoms with E-state index in [1.807, 2.05) is 0 Å². The molecule has 0 radical (unpaired) electrons. The highest BCUT2D eigenvalue weighted by Gasteiger charge is 2.32. The first-order valence-electron chi connectivity index (χ1n) is 6.97. The average molecular weight is 253 g/mol. The first-order valence-corrected chi connectivity index (χ1v) is 6.97. The van der Waals surface area contributed by atoms with Gasteiger partial charge in [0.2, 0.25) is 11.8 Å². The van der Waals surface area contributed by atoms with Crippen LogP contribution in [0.1, 0.15) is 38.5 Å². The van der Waals surface area contributed by atoms with Crippen molar-refractivity contribution in [1.82, 2.24) is 15.5 Å². The highest BCUT2D eigenvalue weighted by Crippen LogP contribution is 2.20. The van der Waals surface area contributed by atoms with Crippen molar-refractivity contribution in [3.05, 3.63) is 0 Å². The fourth-order valence-corrected chi connectivity index (χ4v) is 2.93. The molecule has 2 saturated heterocycles. The Hall–Kier alpha value is -1.10. The standard InChI is InChI=1S/C13H23N3O2/c1-14-13(18)11-6-2-3-8-16(11)12(17)9-10-5-4-7-15-10/h10-11,15H,2-9H2,1H3,(H,14,18). The van der Waals surface area contributed by atoms with Gasteiger partial charge >= 0.3 is 0 Å². The van der Waals surface area contributed by atoms with E-state index in [1.54, 1.807) is 11.9 Å². The smallest absolute Gasteiger partial charge is 0.242 e. The zero-order valence-electron chi connectivity index (χ0n) is 11.1. The first-order chi connectivity index (χ1) is 8.72. The van der Waals surface area contributed by atoms with Gasteiger partial charge in [-0.1, -0.05) is 0 Å². The Morgan fingerprint density at radius 2 is 2.11 bits per heavy atom. The Morgan fingerprint density at radius 1 is 1.28 bits per heavy atom. The van der Waals surface area contributed by atoms with E-state index < -0.39 is 0 Å². The molecule has 0 aromatic heterocycles. The van der Waals surface area contributed by atoms with E-state index in [0.717, 1.165) is 45.2 Å². The van der Waals surface area contributed by atoms with Crippen LogP contribution in [0.15, 0.2) is 0 Å². The maximum absolute atomic E-state index is 12.3. The van der Waals surface area contributed by atoms with E-state index >= 15 is 0 Å². The quantitative estimate of drug-likeness (QED) is 0.758. The van der Waals surface area contributed by atoms with E-state index in [0.29, 0.717) is 12.5 Å². The van der Waals surface area contributed by atoms with Crippen molar-refractivity contribution >= 4 is 11.8 Å². The summed E-state index contributed by atoms with van der Waals surface area (Å²) in [5.74, 6) is 0.102. The predicted octanol–water partition coefficient (Wildman–Crippen LogP) is 0.256. The Kier molecular flexibility index (Phi) is 4.58. The van der Waals surface area contributed by atoms with Crippen molar-refractivity contribution in [2.24, 2.45) is 0 Å². The van der Waals surface area contributed by atoms with E-state index in [4.69, 9.17) is 0 Å². The largest absolute Gasteiger partial charge is 0.357 e. The molecule has 2 fully saturated rings. The fraction of sp³-hybridized carbons (Fsp3) is 0.846. The number of hydrogen-bond acceptors (Lipinski definition) is 3. The molecule has 18 heavy (non-hydrogen) atoms. The summed E-state index contributed by atoms with van der Waals surface area (Å²) in [6.45, 7) is 1.74. The van der Waals surface area contributed by atoms with Crippen molar-refractivity contribution in [2.45, 2.75) is 50.6 Å². The summed E-state index contributed by atoms with van der Waals surface area (Å²) >= 11 is 0. The fourth-order valence-electron chi connectivity index (χ4n) is 2.93. The second-order valence-corrected chi connectivity index (χ2v) is 5.21. The summed E-state index contributed by atoms with van der Waals surface area (Å²) < 4.78 is 0. The van der Waals surface area contributed by atoms with Crippen LogP contribution in [0.4, 0.5) is 0 Å². The molecule has 2 unspecified atom stereocenters. The molecule has 2 amide bonds. The summed E-state index contributed by atoms with van der Waals surface area (Å²) in [6.07, 6.45) is 5.60. The van der Waals surface area contributed by atoms with Crippen molar-refractivity contribution < 1.29 is 9.59 Å². The lowest BCUT2D eigenvalue weighted by molar-refractivity contribution is -0.142. The molecule has 0 bridgehead atoms. The van der Waals surface area contributed by atoms with Gasteiger partial charge in [0.15, 0.2) is 0 Å². The van der Waals surface area contributed by atoms with Gasteiger partial charge in [-0.15, -0.1) is 0 Å². The Bertz CT molecular complexity index is 313. The molecule has 2 aliphatic heterocycles. The van der Waals surface area contributed by atoms with Gasteiger partial charge in [-0.3, -0.25) is 9.59 Å². The number of piperidine rings is 1. The van der Waals surface area contributed by atoms with Crippen LogP contribution < -0.4 is 10.6 Å². The third-order valence-electron chi connectivity index (χ3n) is 3.96. The number of carbonyl (C=O) groups excluding carboxylic acids is 2. The number of hydrogen-bond donors (Lipinski definition) is 2. The Labute approximate surface area is 108 Å². The zero-order chi connectivity index (χ0) is 13.0. The van der Waals surface area contributed by atoms with E-state index in [2.05, 4.69) is 10.6 Å². The lowest BCUT2D eigenvalue weighted by Gasteiger charge is -2.35. The molecule has 2 N–H and O–H groups in total. The average Bonchev–Trinajstić information content (AvgIpc) is 2.90. The molecule has 0 aliphatic carbocycles. The second kappa shape index (κ2) is 6.18.